The second-order valence-corrected chi connectivity index (χ2v) is 9.35. The Bertz CT molecular complexity index is 1210. The largest absolute Gasteiger partial charge is 0.494 e. The van der Waals surface area contributed by atoms with Crippen molar-refractivity contribution in [3.63, 3.8) is 0 Å². The number of carbonyl (C=O) groups excluding carboxylic acids is 2. The summed E-state index contributed by atoms with van der Waals surface area (Å²) in [6, 6.07) is 5.54. The third-order valence-corrected chi connectivity index (χ3v) is 6.64. The van der Waals surface area contributed by atoms with Crippen molar-refractivity contribution in [2.75, 3.05) is 58.5 Å². The quantitative estimate of drug-likeness (QED) is 0.496. The van der Waals surface area contributed by atoms with E-state index in [0.29, 0.717) is 43.4 Å². The summed E-state index contributed by atoms with van der Waals surface area (Å²) in [4.78, 5) is 34.2. The Hall–Kier alpha value is -3.66. The van der Waals surface area contributed by atoms with Gasteiger partial charge in [-0.05, 0) is 36.6 Å². The maximum absolute atomic E-state index is 13.6. The molecule has 198 valence electrons. The number of aromatic nitrogens is 1. The monoisotopic (exact) mass is 509 g/mol. The summed E-state index contributed by atoms with van der Waals surface area (Å²) in [6.45, 7) is 9.40. The van der Waals surface area contributed by atoms with Crippen LogP contribution in [-0.2, 0) is 11.3 Å². The third kappa shape index (κ3) is 5.24. The Balaban J connectivity index is 1.63. The van der Waals surface area contributed by atoms with Crippen LogP contribution in [-0.4, -0.2) is 81.0 Å². The fraction of sp³-hybridized carbons (Fsp3) is 0.481. The highest BCUT2D eigenvalue weighted by atomic mass is 16.5. The molecule has 3 heterocycles. The summed E-state index contributed by atoms with van der Waals surface area (Å²) in [5, 5.41) is 11.2. The van der Waals surface area contributed by atoms with Gasteiger partial charge in [-0.1, -0.05) is 13.8 Å². The lowest BCUT2D eigenvalue weighted by molar-refractivity contribution is 0.0949. The molecule has 2 aliphatic rings. The Morgan fingerprint density at radius 1 is 1.22 bits per heavy atom. The van der Waals surface area contributed by atoms with Gasteiger partial charge in [0.05, 0.1) is 39.2 Å². The SMILES string of the molecule is CCOc1cc2c(nc1C(=O)NC)C(=N)N(CC(=O)c1cc(C(C)C)c(OC)c(N3CCOCC3)c1)C2. The lowest BCUT2D eigenvalue weighted by Crippen LogP contribution is -2.37. The van der Waals surface area contributed by atoms with Gasteiger partial charge in [0.15, 0.2) is 17.2 Å². The molecule has 0 unspecified atom stereocenters. The van der Waals surface area contributed by atoms with Crippen LogP contribution in [0.25, 0.3) is 0 Å². The maximum Gasteiger partial charge on any atom is 0.273 e. The van der Waals surface area contributed by atoms with E-state index in [-0.39, 0.29) is 35.7 Å². The van der Waals surface area contributed by atoms with Gasteiger partial charge < -0.3 is 29.3 Å². The number of amidine groups is 1. The molecule has 1 amide bonds. The topological polar surface area (TPSA) is 117 Å². The summed E-state index contributed by atoms with van der Waals surface area (Å²) in [5.41, 5.74) is 3.70. The molecule has 0 radical (unpaired) electrons. The fourth-order valence-electron chi connectivity index (χ4n) is 4.73. The number of rotatable bonds is 9. The van der Waals surface area contributed by atoms with Crippen LogP contribution in [0.4, 0.5) is 5.69 Å². The maximum atomic E-state index is 13.6. The first-order chi connectivity index (χ1) is 17.8. The standard InChI is InChI=1S/C27H35N5O5/c1-6-37-22-13-18-14-32(26(28)23(18)30-24(22)27(34)29-4)15-21(33)17-11-19(16(2)3)25(35-5)20(12-17)31-7-9-36-10-8-31/h11-13,16,28H,6-10,14-15H2,1-5H3,(H,29,34). The number of nitrogens with zero attached hydrogens (tertiary/aromatic N) is 3. The Labute approximate surface area is 217 Å². The number of hydrogen-bond acceptors (Lipinski definition) is 8. The van der Waals surface area contributed by atoms with Gasteiger partial charge in [-0.25, -0.2) is 4.98 Å². The number of hydrogen-bond donors (Lipinski definition) is 2. The summed E-state index contributed by atoms with van der Waals surface area (Å²) in [6.07, 6.45) is 0. The lowest BCUT2D eigenvalue weighted by Gasteiger charge is -2.31. The number of pyridine rings is 1. The Morgan fingerprint density at radius 2 is 1.95 bits per heavy atom. The lowest BCUT2D eigenvalue weighted by atomic mass is 9.96. The summed E-state index contributed by atoms with van der Waals surface area (Å²) in [5.74, 6) is 0.929. The highest BCUT2D eigenvalue weighted by Gasteiger charge is 2.31. The predicted octanol–water partition coefficient (Wildman–Crippen LogP) is 2.83. The van der Waals surface area contributed by atoms with E-state index in [1.165, 1.54) is 7.05 Å². The molecule has 10 heteroatoms. The van der Waals surface area contributed by atoms with Crippen LogP contribution in [0.3, 0.4) is 0 Å². The molecule has 1 saturated heterocycles. The second-order valence-electron chi connectivity index (χ2n) is 9.35. The van der Waals surface area contributed by atoms with Crippen molar-refractivity contribution in [2.45, 2.75) is 33.2 Å². The van der Waals surface area contributed by atoms with Crippen LogP contribution in [0.2, 0.25) is 0 Å². The zero-order chi connectivity index (χ0) is 26.7. The fourth-order valence-corrected chi connectivity index (χ4v) is 4.73. The highest BCUT2D eigenvalue weighted by molar-refractivity contribution is 6.06. The first kappa shape index (κ1) is 26.4. The van der Waals surface area contributed by atoms with Gasteiger partial charge in [0.1, 0.15) is 17.3 Å². The molecule has 10 nitrogen and oxygen atoms in total. The third-order valence-electron chi connectivity index (χ3n) is 6.64. The van der Waals surface area contributed by atoms with Gasteiger partial charge in [-0.15, -0.1) is 0 Å². The van der Waals surface area contributed by atoms with Gasteiger partial charge in [-0.3, -0.25) is 15.0 Å². The minimum absolute atomic E-state index is 0.0148. The van der Waals surface area contributed by atoms with Crippen molar-refractivity contribution in [3.8, 4) is 11.5 Å². The average molecular weight is 510 g/mol. The number of benzene rings is 1. The number of amides is 1. The number of morpholine rings is 1. The molecule has 1 aromatic heterocycles. The molecule has 4 rings (SSSR count). The zero-order valence-electron chi connectivity index (χ0n) is 22.1. The van der Waals surface area contributed by atoms with E-state index in [2.05, 4.69) is 29.0 Å². The highest BCUT2D eigenvalue weighted by Crippen LogP contribution is 2.38. The number of ketones is 1. The van der Waals surface area contributed by atoms with Gasteiger partial charge in [-0.2, -0.15) is 0 Å². The Morgan fingerprint density at radius 3 is 2.57 bits per heavy atom. The first-order valence-electron chi connectivity index (χ1n) is 12.6. The van der Waals surface area contributed by atoms with Gasteiger partial charge in [0.2, 0.25) is 0 Å². The van der Waals surface area contributed by atoms with Gasteiger partial charge in [0.25, 0.3) is 5.91 Å². The van der Waals surface area contributed by atoms with Crippen molar-refractivity contribution in [1.82, 2.24) is 15.2 Å². The first-order valence-corrected chi connectivity index (χ1v) is 12.6. The summed E-state index contributed by atoms with van der Waals surface area (Å²) < 4.78 is 16.9. The average Bonchev–Trinajstić information content (AvgIpc) is 3.21. The Kier molecular flexibility index (Phi) is 7.97. The molecule has 0 spiro atoms. The number of nitrogens with one attached hydrogen (secondary N) is 2. The van der Waals surface area contributed by atoms with E-state index in [1.54, 1.807) is 18.1 Å². The summed E-state index contributed by atoms with van der Waals surface area (Å²) in [7, 11) is 3.18. The normalized spacial score (nSPS) is 15.1. The number of Topliss-reactive ketones (excluding diaryl/α,β-unsaturated/α-hetero) is 1. The van der Waals surface area contributed by atoms with Crippen LogP contribution in [0, 0.1) is 5.41 Å². The predicted molar refractivity (Wildman–Crippen MR) is 140 cm³/mol. The number of methoxy groups -OCH3 is 1. The molecule has 0 aliphatic carbocycles. The summed E-state index contributed by atoms with van der Waals surface area (Å²) >= 11 is 0. The van der Waals surface area contributed by atoms with Crippen LogP contribution >= 0.6 is 0 Å². The van der Waals surface area contributed by atoms with E-state index in [0.717, 1.165) is 35.7 Å². The minimum atomic E-state index is -0.385. The van der Waals surface area contributed by atoms with Crippen LogP contribution in [0.1, 0.15) is 64.4 Å². The molecule has 0 saturated carbocycles. The smallest absolute Gasteiger partial charge is 0.273 e. The molecule has 2 aromatic rings. The van der Waals surface area contributed by atoms with Crippen molar-refractivity contribution in [1.29, 1.82) is 5.41 Å². The number of carbonyl (C=O) groups is 2. The molecule has 0 bridgehead atoms. The van der Waals surface area contributed by atoms with Crippen molar-refractivity contribution in [3.05, 3.63) is 46.3 Å². The molecule has 1 fully saturated rings. The van der Waals surface area contributed by atoms with E-state index < -0.39 is 0 Å². The number of anilines is 1. The van der Waals surface area contributed by atoms with Crippen molar-refractivity contribution >= 4 is 23.2 Å². The molecule has 1 aromatic carbocycles. The van der Waals surface area contributed by atoms with E-state index in [9.17, 15) is 9.59 Å². The molecule has 37 heavy (non-hydrogen) atoms. The number of ether oxygens (including phenoxy) is 3. The van der Waals surface area contributed by atoms with E-state index in [4.69, 9.17) is 19.6 Å². The van der Waals surface area contributed by atoms with Gasteiger partial charge >= 0.3 is 0 Å². The zero-order valence-corrected chi connectivity index (χ0v) is 22.1. The van der Waals surface area contributed by atoms with Crippen LogP contribution in [0.15, 0.2) is 18.2 Å². The van der Waals surface area contributed by atoms with Crippen LogP contribution < -0.4 is 19.7 Å². The van der Waals surface area contributed by atoms with E-state index in [1.807, 2.05) is 19.1 Å². The number of fused-ring (bicyclic) bond motifs is 1. The van der Waals surface area contributed by atoms with Gasteiger partial charge in [0, 0.05) is 37.8 Å². The van der Waals surface area contributed by atoms with Crippen molar-refractivity contribution < 1.29 is 23.8 Å². The molecule has 2 aliphatic heterocycles. The second kappa shape index (κ2) is 11.2. The molecule has 2 N–H and O–H groups in total. The molecule has 0 atom stereocenters. The van der Waals surface area contributed by atoms with Crippen LogP contribution in [0.5, 0.6) is 11.5 Å². The van der Waals surface area contributed by atoms with Crippen molar-refractivity contribution in [2.24, 2.45) is 0 Å². The minimum Gasteiger partial charge on any atom is -0.494 e. The molecular formula is C27H35N5O5. The molecular weight excluding hydrogens is 474 g/mol. The van der Waals surface area contributed by atoms with E-state index >= 15 is 0 Å².